The summed E-state index contributed by atoms with van der Waals surface area (Å²) in [5.41, 5.74) is 5.78. The molecule has 16 heavy (non-hydrogen) atoms. The third kappa shape index (κ3) is 2.48. The van der Waals surface area contributed by atoms with Crippen molar-refractivity contribution in [3.8, 4) is 5.75 Å². The first-order valence-electron chi connectivity index (χ1n) is 5.12. The smallest absolute Gasteiger partial charge is 0.162 e. The van der Waals surface area contributed by atoms with E-state index in [1.165, 1.54) is 6.07 Å². The van der Waals surface area contributed by atoms with Gasteiger partial charge < -0.3 is 15.2 Å². The first kappa shape index (κ1) is 11.3. The molecule has 2 atom stereocenters. The molecule has 1 fully saturated rings. The number of hydrogen-bond acceptors (Lipinski definition) is 3. The van der Waals surface area contributed by atoms with Gasteiger partial charge in [0.1, 0.15) is 11.9 Å². The Morgan fingerprint density at radius 2 is 2.12 bits per heavy atom. The zero-order valence-electron chi connectivity index (χ0n) is 8.66. The van der Waals surface area contributed by atoms with Gasteiger partial charge in [-0.05, 0) is 12.1 Å². The molecule has 1 aromatic carbocycles. The fourth-order valence-corrected chi connectivity index (χ4v) is 1.61. The lowest BCUT2D eigenvalue weighted by atomic mass is 10.1. The lowest BCUT2D eigenvalue weighted by Gasteiger charge is -2.29. The van der Waals surface area contributed by atoms with Gasteiger partial charge >= 0.3 is 0 Å². The Morgan fingerprint density at radius 1 is 1.31 bits per heavy atom. The molecule has 0 spiro atoms. The summed E-state index contributed by atoms with van der Waals surface area (Å²) in [6.45, 7) is 0.996. The van der Waals surface area contributed by atoms with Gasteiger partial charge in [0, 0.05) is 12.5 Å². The number of rotatable bonds is 2. The Hall–Kier alpha value is -1.20. The van der Waals surface area contributed by atoms with Crippen LogP contribution in [0.4, 0.5) is 8.78 Å². The van der Waals surface area contributed by atoms with Crippen molar-refractivity contribution in [1.82, 2.24) is 0 Å². The molecule has 0 radical (unpaired) electrons. The molecule has 1 saturated heterocycles. The maximum absolute atomic E-state index is 12.9. The molecule has 0 amide bonds. The van der Waals surface area contributed by atoms with Gasteiger partial charge in [-0.25, -0.2) is 8.78 Å². The molecule has 1 aliphatic heterocycles. The fourth-order valence-electron chi connectivity index (χ4n) is 1.61. The molecule has 0 unspecified atom stereocenters. The van der Waals surface area contributed by atoms with Crippen LogP contribution in [0, 0.1) is 11.6 Å². The summed E-state index contributed by atoms with van der Waals surface area (Å²) in [5.74, 6) is -1.51. The van der Waals surface area contributed by atoms with Crippen LogP contribution in [0.2, 0.25) is 0 Å². The largest absolute Gasteiger partial charge is 0.489 e. The number of hydrogen-bond donors (Lipinski definition) is 1. The van der Waals surface area contributed by atoms with E-state index in [0.29, 0.717) is 25.4 Å². The SMILES string of the molecule is N[C@@H]1COCC[C@H]1Oc1ccc(F)c(F)c1. The molecule has 5 heteroatoms. The molecule has 2 N–H and O–H groups in total. The van der Waals surface area contributed by atoms with E-state index in [1.807, 2.05) is 0 Å². The van der Waals surface area contributed by atoms with E-state index in [0.717, 1.165) is 12.1 Å². The van der Waals surface area contributed by atoms with Gasteiger partial charge in [0.25, 0.3) is 0 Å². The van der Waals surface area contributed by atoms with Crippen LogP contribution in [0.25, 0.3) is 0 Å². The predicted molar refractivity (Wildman–Crippen MR) is 54.2 cm³/mol. The van der Waals surface area contributed by atoms with Crippen molar-refractivity contribution in [2.45, 2.75) is 18.6 Å². The van der Waals surface area contributed by atoms with Gasteiger partial charge in [-0.15, -0.1) is 0 Å². The van der Waals surface area contributed by atoms with E-state index >= 15 is 0 Å². The van der Waals surface area contributed by atoms with Gasteiger partial charge in [0.05, 0.1) is 19.3 Å². The summed E-state index contributed by atoms with van der Waals surface area (Å²) < 4.78 is 36.2. The molecule has 2 rings (SSSR count). The van der Waals surface area contributed by atoms with Crippen LogP contribution >= 0.6 is 0 Å². The summed E-state index contributed by atoms with van der Waals surface area (Å²) in [7, 11) is 0. The molecule has 0 saturated carbocycles. The highest BCUT2D eigenvalue weighted by Gasteiger charge is 2.24. The minimum atomic E-state index is -0.918. The maximum Gasteiger partial charge on any atom is 0.162 e. The molecule has 0 aliphatic carbocycles. The van der Waals surface area contributed by atoms with E-state index < -0.39 is 11.6 Å². The van der Waals surface area contributed by atoms with Crippen molar-refractivity contribution in [2.75, 3.05) is 13.2 Å². The quantitative estimate of drug-likeness (QED) is 0.835. The van der Waals surface area contributed by atoms with Crippen LogP contribution in [-0.4, -0.2) is 25.4 Å². The molecule has 0 aromatic heterocycles. The van der Waals surface area contributed by atoms with Crippen molar-refractivity contribution in [1.29, 1.82) is 0 Å². The van der Waals surface area contributed by atoms with Crippen LogP contribution in [0.3, 0.4) is 0 Å². The second kappa shape index (κ2) is 4.76. The average molecular weight is 229 g/mol. The molecule has 0 bridgehead atoms. The van der Waals surface area contributed by atoms with Crippen molar-refractivity contribution in [2.24, 2.45) is 5.73 Å². The first-order chi connectivity index (χ1) is 7.66. The van der Waals surface area contributed by atoms with E-state index in [9.17, 15) is 8.78 Å². The minimum absolute atomic E-state index is 0.210. The molecule has 88 valence electrons. The van der Waals surface area contributed by atoms with Crippen LogP contribution in [0.1, 0.15) is 6.42 Å². The van der Waals surface area contributed by atoms with Crippen LogP contribution in [0.5, 0.6) is 5.75 Å². The van der Waals surface area contributed by atoms with Gasteiger partial charge in [0.15, 0.2) is 11.6 Å². The summed E-state index contributed by atoms with van der Waals surface area (Å²) in [6.07, 6.45) is 0.443. The van der Waals surface area contributed by atoms with Crippen molar-refractivity contribution in [3.63, 3.8) is 0 Å². The van der Waals surface area contributed by atoms with Crippen molar-refractivity contribution >= 4 is 0 Å². The Kier molecular flexibility index (Phi) is 3.36. The first-order valence-corrected chi connectivity index (χ1v) is 5.12. The third-order valence-electron chi connectivity index (χ3n) is 2.51. The van der Waals surface area contributed by atoms with Crippen molar-refractivity contribution in [3.05, 3.63) is 29.8 Å². The summed E-state index contributed by atoms with van der Waals surface area (Å²) in [4.78, 5) is 0. The van der Waals surface area contributed by atoms with Crippen LogP contribution in [0.15, 0.2) is 18.2 Å². The van der Waals surface area contributed by atoms with E-state index in [2.05, 4.69) is 0 Å². The predicted octanol–water partition coefficient (Wildman–Crippen LogP) is 1.46. The molecule has 3 nitrogen and oxygen atoms in total. The lowest BCUT2D eigenvalue weighted by Crippen LogP contribution is -2.46. The number of ether oxygens (including phenoxy) is 2. The Balaban J connectivity index is 2.05. The molecular weight excluding hydrogens is 216 g/mol. The van der Waals surface area contributed by atoms with Gasteiger partial charge in [-0.2, -0.15) is 0 Å². The monoisotopic (exact) mass is 229 g/mol. The highest BCUT2D eigenvalue weighted by atomic mass is 19.2. The van der Waals surface area contributed by atoms with Gasteiger partial charge in [0.2, 0.25) is 0 Å². The zero-order valence-corrected chi connectivity index (χ0v) is 8.66. The minimum Gasteiger partial charge on any atom is -0.489 e. The van der Waals surface area contributed by atoms with E-state index in [-0.39, 0.29) is 12.1 Å². The zero-order chi connectivity index (χ0) is 11.5. The van der Waals surface area contributed by atoms with Gasteiger partial charge in [-0.3, -0.25) is 0 Å². The topological polar surface area (TPSA) is 44.5 Å². The molecule has 1 heterocycles. The Morgan fingerprint density at radius 3 is 2.81 bits per heavy atom. The van der Waals surface area contributed by atoms with E-state index in [1.54, 1.807) is 0 Å². The highest BCUT2D eigenvalue weighted by Crippen LogP contribution is 2.19. The van der Waals surface area contributed by atoms with Crippen molar-refractivity contribution < 1.29 is 18.3 Å². The van der Waals surface area contributed by atoms with Gasteiger partial charge in [-0.1, -0.05) is 0 Å². The van der Waals surface area contributed by atoms with Crippen LogP contribution < -0.4 is 10.5 Å². The van der Waals surface area contributed by atoms with E-state index in [4.69, 9.17) is 15.2 Å². The average Bonchev–Trinajstić information content (AvgIpc) is 2.27. The maximum atomic E-state index is 12.9. The summed E-state index contributed by atoms with van der Waals surface area (Å²) >= 11 is 0. The van der Waals surface area contributed by atoms with Crippen LogP contribution in [-0.2, 0) is 4.74 Å². The second-order valence-corrected chi connectivity index (χ2v) is 3.76. The Labute approximate surface area is 92.1 Å². The molecular formula is C11H13F2NO2. The summed E-state index contributed by atoms with van der Waals surface area (Å²) in [5, 5.41) is 0. The normalized spacial score (nSPS) is 25.4. The lowest BCUT2D eigenvalue weighted by molar-refractivity contribution is 0.00831. The highest BCUT2D eigenvalue weighted by molar-refractivity contribution is 5.24. The summed E-state index contributed by atoms with van der Waals surface area (Å²) in [6, 6.07) is 3.22. The fraction of sp³-hybridized carbons (Fsp3) is 0.455. The Bertz CT molecular complexity index is 373. The third-order valence-corrected chi connectivity index (χ3v) is 2.51. The molecule has 1 aliphatic rings. The number of benzene rings is 1. The molecule has 1 aromatic rings. The number of halogens is 2. The standard InChI is InChI=1S/C11H13F2NO2/c12-8-2-1-7(5-9(8)13)16-11-3-4-15-6-10(11)14/h1-2,5,10-11H,3-4,6,14H2/t10-,11-/m1/s1. The number of nitrogens with two attached hydrogens (primary N) is 1. The second-order valence-electron chi connectivity index (χ2n) is 3.76.